The molecule has 6 heteroatoms. The molecule has 0 saturated heterocycles. The molecule has 1 N–H and O–H groups in total. The zero-order chi connectivity index (χ0) is 15.9. The van der Waals surface area contributed by atoms with Crippen molar-refractivity contribution in [2.75, 3.05) is 44.1 Å². The Morgan fingerprint density at radius 3 is 2.57 bits per heavy atom. The zero-order valence-electron chi connectivity index (χ0n) is 13.6. The normalized spacial score (nSPS) is 11.0. The van der Waals surface area contributed by atoms with Gasteiger partial charge in [-0.25, -0.2) is 9.97 Å². The Bertz CT molecular complexity index is 490. The molecule has 1 rings (SSSR count). The van der Waals surface area contributed by atoms with E-state index in [1.807, 2.05) is 13.1 Å². The quantitative estimate of drug-likeness (QED) is 0.830. The van der Waals surface area contributed by atoms with Crippen molar-refractivity contribution < 1.29 is 4.74 Å². The third-order valence-corrected chi connectivity index (χ3v) is 3.02. The van der Waals surface area contributed by atoms with Crippen molar-refractivity contribution in [1.82, 2.24) is 9.97 Å². The van der Waals surface area contributed by atoms with Gasteiger partial charge < -0.3 is 15.0 Å². The Balaban J connectivity index is 3.13. The van der Waals surface area contributed by atoms with Gasteiger partial charge in [0, 0.05) is 38.7 Å². The van der Waals surface area contributed by atoms with Crippen LogP contribution in [-0.2, 0) is 10.2 Å². The maximum atomic E-state index is 8.82. The van der Waals surface area contributed by atoms with Gasteiger partial charge in [0.25, 0.3) is 0 Å². The maximum absolute atomic E-state index is 8.82. The summed E-state index contributed by atoms with van der Waals surface area (Å²) in [4.78, 5) is 11.2. The molecule has 0 aliphatic rings. The Labute approximate surface area is 127 Å². The van der Waals surface area contributed by atoms with E-state index >= 15 is 0 Å². The highest BCUT2D eigenvalue weighted by molar-refractivity contribution is 5.49. The summed E-state index contributed by atoms with van der Waals surface area (Å²) in [7, 11) is 3.51. The van der Waals surface area contributed by atoms with E-state index in [9.17, 15) is 0 Å². The Morgan fingerprint density at radius 1 is 1.33 bits per heavy atom. The third kappa shape index (κ3) is 5.20. The molecule has 1 aromatic heterocycles. The molecule has 21 heavy (non-hydrogen) atoms. The number of aromatic nitrogens is 2. The molecule has 0 bridgehead atoms. The lowest BCUT2D eigenvalue weighted by molar-refractivity contribution is 0.205. The van der Waals surface area contributed by atoms with E-state index in [1.54, 1.807) is 7.11 Å². The second-order valence-electron chi connectivity index (χ2n) is 5.82. The number of anilines is 2. The molecular formula is C15H25N5O. The van der Waals surface area contributed by atoms with Crippen LogP contribution >= 0.6 is 0 Å². The first-order valence-electron chi connectivity index (χ1n) is 7.10. The Hall–Kier alpha value is -1.87. The topological polar surface area (TPSA) is 74.1 Å². The Kier molecular flexibility index (Phi) is 6.38. The van der Waals surface area contributed by atoms with E-state index in [0.717, 1.165) is 17.5 Å². The van der Waals surface area contributed by atoms with Crippen LogP contribution in [0.2, 0.25) is 0 Å². The van der Waals surface area contributed by atoms with Crippen molar-refractivity contribution in [2.45, 2.75) is 32.6 Å². The van der Waals surface area contributed by atoms with Gasteiger partial charge in [-0.05, 0) is 0 Å². The predicted molar refractivity (Wildman–Crippen MR) is 84.6 cm³/mol. The molecule has 0 amide bonds. The molecule has 0 aliphatic carbocycles. The fraction of sp³-hybridized carbons (Fsp3) is 0.667. The summed E-state index contributed by atoms with van der Waals surface area (Å²) in [6.07, 6.45) is 0.452. The molecule has 0 spiro atoms. The first kappa shape index (κ1) is 17.2. The minimum absolute atomic E-state index is 0.135. The number of nitriles is 1. The highest BCUT2D eigenvalue weighted by Gasteiger charge is 2.20. The van der Waals surface area contributed by atoms with Gasteiger partial charge in [0.2, 0.25) is 0 Å². The summed E-state index contributed by atoms with van der Waals surface area (Å²) in [6.45, 7) is 8.17. The summed E-state index contributed by atoms with van der Waals surface area (Å²) < 4.78 is 5.14. The average Bonchev–Trinajstić information content (AvgIpc) is 2.46. The highest BCUT2D eigenvalue weighted by atomic mass is 16.5. The SMILES string of the molecule is CNc1cc(N(CCC#N)CCOC)nc(C(C)(C)C)n1. The van der Waals surface area contributed by atoms with Gasteiger partial charge in [-0.1, -0.05) is 20.8 Å². The highest BCUT2D eigenvalue weighted by Crippen LogP contribution is 2.24. The van der Waals surface area contributed by atoms with Crippen molar-refractivity contribution in [3.63, 3.8) is 0 Å². The lowest BCUT2D eigenvalue weighted by Gasteiger charge is -2.25. The van der Waals surface area contributed by atoms with Gasteiger partial charge in [-0.2, -0.15) is 5.26 Å². The van der Waals surface area contributed by atoms with E-state index in [0.29, 0.717) is 26.1 Å². The standard InChI is InChI=1S/C15H25N5O/c1-15(2,3)14-18-12(17-4)11-13(19-14)20(8-6-7-16)9-10-21-5/h11H,6,8-10H2,1-5H3,(H,17,18,19). The van der Waals surface area contributed by atoms with E-state index < -0.39 is 0 Å². The molecule has 116 valence electrons. The van der Waals surface area contributed by atoms with E-state index in [-0.39, 0.29) is 5.41 Å². The van der Waals surface area contributed by atoms with Gasteiger partial charge in [-0.15, -0.1) is 0 Å². The van der Waals surface area contributed by atoms with E-state index in [2.05, 4.69) is 47.0 Å². The van der Waals surface area contributed by atoms with Crippen LogP contribution < -0.4 is 10.2 Å². The zero-order valence-corrected chi connectivity index (χ0v) is 13.6. The van der Waals surface area contributed by atoms with Crippen LogP contribution in [0.5, 0.6) is 0 Å². The van der Waals surface area contributed by atoms with Gasteiger partial charge in [0.15, 0.2) is 0 Å². The van der Waals surface area contributed by atoms with Crippen LogP contribution in [0.3, 0.4) is 0 Å². The molecule has 0 atom stereocenters. The summed E-state index contributed by atoms with van der Waals surface area (Å²) >= 11 is 0. The number of nitrogens with zero attached hydrogens (tertiary/aromatic N) is 4. The van der Waals surface area contributed by atoms with Gasteiger partial charge >= 0.3 is 0 Å². The van der Waals surface area contributed by atoms with Crippen molar-refractivity contribution in [3.8, 4) is 6.07 Å². The minimum atomic E-state index is -0.135. The van der Waals surface area contributed by atoms with Crippen molar-refractivity contribution >= 4 is 11.6 Å². The van der Waals surface area contributed by atoms with Gasteiger partial charge in [0.1, 0.15) is 17.5 Å². The minimum Gasteiger partial charge on any atom is -0.383 e. The van der Waals surface area contributed by atoms with E-state index in [1.165, 1.54) is 0 Å². The molecule has 1 aromatic rings. The Morgan fingerprint density at radius 2 is 2.05 bits per heavy atom. The summed E-state index contributed by atoms with van der Waals surface area (Å²) in [5.74, 6) is 2.39. The van der Waals surface area contributed by atoms with Crippen LogP contribution in [0.25, 0.3) is 0 Å². The van der Waals surface area contributed by atoms with Crippen LogP contribution in [0.15, 0.2) is 6.07 Å². The van der Waals surface area contributed by atoms with Gasteiger partial charge in [0.05, 0.1) is 19.1 Å². The molecule has 0 saturated carbocycles. The molecule has 1 heterocycles. The first-order chi connectivity index (χ1) is 9.92. The fourth-order valence-electron chi connectivity index (χ4n) is 1.79. The van der Waals surface area contributed by atoms with Crippen LogP contribution in [0, 0.1) is 11.3 Å². The summed E-state index contributed by atoms with van der Waals surface area (Å²) in [5.41, 5.74) is -0.135. The second-order valence-corrected chi connectivity index (χ2v) is 5.82. The molecule has 0 aliphatic heterocycles. The lowest BCUT2D eigenvalue weighted by atomic mass is 9.96. The van der Waals surface area contributed by atoms with Crippen LogP contribution in [0.4, 0.5) is 11.6 Å². The smallest absolute Gasteiger partial charge is 0.138 e. The van der Waals surface area contributed by atoms with Crippen molar-refractivity contribution in [3.05, 3.63) is 11.9 Å². The molecule has 0 aromatic carbocycles. The second kappa shape index (κ2) is 7.79. The lowest BCUT2D eigenvalue weighted by Crippen LogP contribution is -2.30. The van der Waals surface area contributed by atoms with E-state index in [4.69, 9.17) is 10.00 Å². The molecule has 0 unspecified atom stereocenters. The maximum Gasteiger partial charge on any atom is 0.138 e. The molecule has 0 fully saturated rings. The third-order valence-electron chi connectivity index (χ3n) is 3.02. The van der Waals surface area contributed by atoms with Crippen molar-refractivity contribution in [1.29, 1.82) is 5.26 Å². The number of nitrogens with one attached hydrogen (secondary N) is 1. The van der Waals surface area contributed by atoms with Crippen LogP contribution in [-0.4, -0.2) is 43.8 Å². The average molecular weight is 291 g/mol. The number of methoxy groups -OCH3 is 1. The summed E-state index contributed by atoms with van der Waals surface area (Å²) in [6, 6.07) is 4.08. The first-order valence-corrected chi connectivity index (χ1v) is 7.10. The van der Waals surface area contributed by atoms with Crippen molar-refractivity contribution in [2.24, 2.45) is 0 Å². The predicted octanol–water partition coefficient (Wildman–Crippen LogP) is 2.18. The molecular weight excluding hydrogens is 266 g/mol. The largest absolute Gasteiger partial charge is 0.383 e. The number of hydrogen-bond donors (Lipinski definition) is 1. The summed E-state index contributed by atoms with van der Waals surface area (Å²) in [5, 5.41) is 11.9. The number of ether oxygens (including phenoxy) is 1. The number of rotatable bonds is 7. The van der Waals surface area contributed by atoms with Gasteiger partial charge in [-0.3, -0.25) is 0 Å². The van der Waals surface area contributed by atoms with Crippen LogP contribution in [0.1, 0.15) is 33.0 Å². The molecule has 0 radical (unpaired) electrons. The number of hydrogen-bond acceptors (Lipinski definition) is 6. The fourth-order valence-corrected chi connectivity index (χ4v) is 1.79. The molecule has 6 nitrogen and oxygen atoms in total. The monoisotopic (exact) mass is 291 g/mol.